The van der Waals surface area contributed by atoms with Crippen LogP contribution in [0.2, 0.25) is 0 Å². The van der Waals surface area contributed by atoms with Gasteiger partial charge in [-0.15, -0.1) is 24.8 Å². The third-order valence-corrected chi connectivity index (χ3v) is 4.16. The predicted octanol–water partition coefficient (Wildman–Crippen LogP) is 1.49. The highest BCUT2D eigenvalue weighted by atomic mass is 35.5. The monoisotopic (exact) mass is 386 g/mol. The summed E-state index contributed by atoms with van der Waals surface area (Å²) in [6.07, 6.45) is 5.68. The second-order valence-electron chi connectivity index (χ2n) is 5.78. The smallest absolute Gasteiger partial charge is 0.242 e. The number of carbonyl (C=O) groups excluding carboxylic acids is 1. The lowest BCUT2D eigenvalue weighted by Gasteiger charge is -2.23. The van der Waals surface area contributed by atoms with Gasteiger partial charge in [-0.3, -0.25) is 9.48 Å². The molecule has 138 valence electrons. The van der Waals surface area contributed by atoms with Crippen molar-refractivity contribution in [2.45, 2.75) is 31.8 Å². The SMILES string of the molecule is Cl.Cl.Nc1ncccc1CNC(=O)Cn1nccc1C1CCCNC1. The maximum atomic E-state index is 12.2. The molecule has 25 heavy (non-hydrogen) atoms. The van der Waals surface area contributed by atoms with Crippen molar-refractivity contribution < 1.29 is 4.79 Å². The van der Waals surface area contributed by atoms with Crippen molar-refractivity contribution in [3.05, 3.63) is 41.9 Å². The number of piperidine rings is 1. The largest absolute Gasteiger partial charge is 0.383 e. The van der Waals surface area contributed by atoms with Crippen LogP contribution in [-0.2, 0) is 17.9 Å². The summed E-state index contributed by atoms with van der Waals surface area (Å²) in [6.45, 7) is 2.61. The molecule has 1 saturated heterocycles. The van der Waals surface area contributed by atoms with E-state index in [-0.39, 0.29) is 37.3 Å². The number of nitrogens with zero attached hydrogens (tertiary/aromatic N) is 3. The molecule has 3 heterocycles. The van der Waals surface area contributed by atoms with Crippen LogP contribution in [0.3, 0.4) is 0 Å². The van der Waals surface area contributed by atoms with Gasteiger partial charge in [-0.1, -0.05) is 6.07 Å². The molecular weight excluding hydrogens is 363 g/mol. The van der Waals surface area contributed by atoms with Gasteiger partial charge >= 0.3 is 0 Å². The average molecular weight is 387 g/mol. The van der Waals surface area contributed by atoms with Crippen molar-refractivity contribution >= 4 is 36.5 Å². The molecule has 1 unspecified atom stereocenters. The highest BCUT2D eigenvalue weighted by molar-refractivity contribution is 5.85. The van der Waals surface area contributed by atoms with Crippen molar-refractivity contribution in [3.63, 3.8) is 0 Å². The van der Waals surface area contributed by atoms with Crippen LogP contribution in [0, 0.1) is 0 Å². The predicted molar refractivity (Wildman–Crippen MR) is 102 cm³/mol. The Hall–Kier alpha value is -1.83. The molecule has 2 aromatic heterocycles. The molecule has 1 fully saturated rings. The van der Waals surface area contributed by atoms with Crippen molar-refractivity contribution in [2.24, 2.45) is 0 Å². The number of nitrogens with two attached hydrogens (primary N) is 1. The summed E-state index contributed by atoms with van der Waals surface area (Å²) in [7, 11) is 0. The van der Waals surface area contributed by atoms with Gasteiger partial charge in [0.15, 0.2) is 0 Å². The second kappa shape index (κ2) is 10.2. The van der Waals surface area contributed by atoms with E-state index in [0.29, 0.717) is 18.3 Å². The maximum Gasteiger partial charge on any atom is 0.242 e. The number of halogens is 2. The van der Waals surface area contributed by atoms with E-state index in [1.54, 1.807) is 23.1 Å². The van der Waals surface area contributed by atoms with Gasteiger partial charge in [0.25, 0.3) is 0 Å². The van der Waals surface area contributed by atoms with Crippen molar-refractivity contribution in [1.82, 2.24) is 25.4 Å². The molecule has 2 aromatic rings. The van der Waals surface area contributed by atoms with E-state index in [9.17, 15) is 4.79 Å². The minimum absolute atomic E-state index is 0. The molecule has 1 amide bonds. The van der Waals surface area contributed by atoms with Gasteiger partial charge in [0.05, 0.1) is 0 Å². The summed E-state index contributed by atoms with van der Waals surface area (Å²) >= 11 is 0. The van der Waals surface area contributed by atoms with E-state index in [2.05, 4.69) is 20.7 Å². The zero-order valence-electron chi connectivity index (χ0n) is 13.9. The number of hydrogen-bond donors (Lipinski definition) is 3. The van der Waals surface area contributed by atoms with Gasteiger partial charge in [-0.2, -0.15) is 5.10 Å². The lowest BCUT2D eigenvalue weighted by Crippen LogP contribution is -2.32. The van der Waals surface area contributed by atoms with Gasteiger partial charge in [-0.05, 0) is 31.5 Å². The van der Waals surface area contributed by atoms with Gasteiger partial charge in [-0.25, -0.2) is 4.98 Å². The summed E-state index contributed by atoms with van der Waals surface area (Å²) in [5.74, 6) is 0.788. The fourth-order valence-corrected chi connectivity index (χ4v) is 2.91. The lowest BCUT2D eigenvalue weighted by molar-refractivity contribution is -0.122. The maximum absolute atomic E-state index is 12.2. The molecule has 0 aliphatic carbocycles. The molecular formula is C16H24Cl2N6O. The van der Waals surface area contributed by atoms with Crippen LogP contribution >= 0.6 is 24.8 Å². The Labute approximate surface area is 159 Å². The van der Waals surface area contributed by atoms with Crippen LogP contribution in [0.15, 0.2) is 30.6 Å². The van der Waals surface area contributed by atoms with Crippen molar-refractivity contribution in [3.8, 4) is 0 Å². The molecule has 9 heteroatoms. The van der Waals surface area contributed by atoms with Crippen LogP contribution in [-0.4, -0.2) is 33.8 Å². The van der Waals surface area contributed by atoms with E-state index < -0.39 is 0 Å². The van der Waals surface area contributed by atoms with Crippen molar-refractivity contribution in [2.75, 3.05) is 18.8 Å². The normalized spacial score (nSPS) is 16.4. The molecule has 1 aliphatic heterocycles. The number of hydrogen-bond acceptors (Lipinski definition) is 5. The number of nitrogens with one attached hydrogen (secondary N) is 2. The van der Waals surface area contributed by atoms with E-state index in [0.717, 1.165) is 37.2 Å². The average Bonchev–Trinajstić information content (AvgIpc) is 3.03. The van der Waals surface area contributed by atoms with E-state index in [1.807, 2.05) is 12.1 Å². The number of pyridine rings is 1. The summed E-state index contributed by atoms with van der Waals surface area (Å²) < 4.78 is 1.79. The quantitative estimate of drug-likeness (QED) is 0.722. The molecule has 3 rings (SSSR count). The van der Waals surface area contributed by atoms with E-state index in [4.69, 9.17) is 5.73 Å². The fraction of sp³-hybridized carbons (Fsp3) is 0.438. The Bertz CT molecular complexity index is 672. The first-order valence-electron chi connectivity index (χ1n) is 7.92. The molecule has 4 N–H and O–H groups in total. The summed E-state index contributed by atoms with van der Waals surface area (Å²) in [6, 6.07) is 5.67. The van der Waals surface area contributed by atoms with Gasteiger partial charge < -0.3 is 16.4 Å². The topological polar surface area (TPSA) is 97.9 Å². The first-order chi connectivity index (χ1) is 11.2. The second-order valence-corrected chi connectivity index (χ2v) is 5.78. The Morgan fingerprint density at radius 2 is 2.20 bits per heavy atom. The number of anilines is 1. The lowest BCUT2D eigenvalue weighted by atomic mass is 9.96. The molecule has 0 radical (unpaired) electrons. The molecule has 0 bridgehead atoms. The van der Waals surface area contributed by atoms with Crippen LogP contribution < -0.4 is 16.4 Å². The Morgan fingerprint density at radius 1 is 1.36 bits per heavy atom. The highest BCUT2D eigenvalue weighted by Crippen LogP contribution is 2.22. The number of aromatic nitrogens is 3. The standard InChI is InChI=1S/C16H22N6O.2ClH/c17-16-13(4-2-7-19-16)10-20-15(23)11-22-14(5-8-21-22)12-3-1-6-18-9-12;;/h2,4-5,7-8,12,18H,1,3,6,9-11H2,(H2,17,19)(H,20,23);2*1H. The van der Waals surface area contributed by atoms with Gasteiger partial charge in [0, 0.05) is 42.7 Å². The molecule has 1 atom stereocenters. The Kier molecular flexibility index (Phi) is 8.68. The minimum atomic E-state index is -0.0815. The summed E-state index contributed by atoms with van der Waals surface area (Å²) in [4.78, 5) is 16.2. The van der Waals surface area contributed by atoms with E-state index in [1.165, 1.54) is 0 Å². The zero-order chi connectivity index (χ0) is 16.1. The third kappa shape index (κ3) is 5.59. The first-order valence-corrected chi connectivity index (χ1v) is 7.92. The van der Waals surface area contributed by atoms with Crippen LogP contribution in [0.1, 0.15) is 30.0 Å². The van der Waals surface area contributed by atoms with Gasteiger partial charge in [0.2, 0.25) is 5.91 Å². The van der Waals surface area contributed by atoms with Gasteiger partial charge in [0.1, 0.15) is 12.4 Å². The molecule has 7 nitrogen and oxygen atoms in total. The van der Waals surface area contributed by atoms with Crippen molar-refractivity contribution in [1.29, 1.82) is 0 Å². The number of rotatable bonds is 5. The molecule has 0 spiro atoms. The number of nitrogen functional groups attached to an aromatic ring is 1. The van der Waals surface area contributed by atoms with Crippen LogP contribution in [0.4, 0.5) is 5.82 Å². The zero-order valence-corrected chi connectivity index (χ0v) is 15.5. The fourth-order valence-electron chi connectivity index (χ4n) is 2.91. The Morgan fingerprint density at radius 3 is 2.92 bits per heavy atom. The number of amides is 1. The van der Waals surface area contributed by atoms with E-state index >= 15 is 0 Å². The van der Waals surface area contributed by atoms with Crippen LogP contribution in [0.25, 0.3) is 0 Å². The first kappa shape index (κ1) is 21.2. The third-order valence-electron chi connectivity index (χ3n) is 4.16. The summed E-state index contributed by atoms with van der Waals surface area (Å²) in [5, 5.41) is 10.6. The molecule has 0 saturated carbocycles. The Balaban J connectivity index is 0.00000156. The van der Waals surface area contributed by atoms with Crippen LogP contribution in [0.5, 0.6) is 0 Å². The molecule has 0 aromatic carbocycles. The molecule has 1 aliphatic rings. The minimum Gasteiger partial charge on any atom is -0.383 e. The number of carbonyl (C=O) groups is 1. The highest BCUT2D eigenvalue weighted by Gasteiger charge is 2.19. The summed E-state index contributed by atoms with van der Waals surface area (Å²) in [5.41, 5.74) is 7.71.